The molecular weight excluding hydrogens is 244 g/mol. The van der Waals surface area contributed by atoms with E-state index in [1.54, 1.807) is 0 Å². The molecule has 1 fully saturated rings. The molecule has 0 amide bonds. The van der Waals surface area contributed by atoms with E-state index in [-0.39, 0.29) is 0 Å². The van der Waals surface area contributed by atoms with Crippen LogP contribution in [0.4, 0.5) is 5.69 Å². The highest BCUT2D eigenvalue weighted by Crippen LogP contribution is 2.29. The molecule has 2 nitrogen and oxygen atoms in total. The molecule has 2 aromatic rings. The van der Waals surface area contributed by atoms with Crippen molar-refractivity contribution in [2.45, 2.75) is 25.7 Å². The molecule has 94 valence electrons. The van der Waals surface area contributed by atoms with E-state index in [0.717, 1.165) is 34.1 Å². The van der Waals surface area contributed by atoms with Crippen molar-refractivity contribution in [1.82, 2.24) is 4.98 Å². The molecule has 1 aliphatic rings. The maximum Gasteiger partial charge on any atom is 0.0934 e. The summed E-state index contributed by atoms with van der Waals surface area (Å²) in [6, 6.07) is 7.94. The van der Waals surface area contributed by atoms with Gasteiger partial charge in [0.2, 0.25) is 0 Å². The first-order chi connectivity index (χ1) is 8.83. The van der Waals surface area contributed by atoms with Crippen molar-refractivity contribution in [2.75, 3.05) is 11.9 Å². The molecule has 3 heteroatoms. The number of pyridine rings is 1. The van der Waals surface area contributed by atoms with Crippen LogP contribution in [-0.4, -0.2) is 11.5 Å². The fraction of sp³-hybridized carbons (Fsp3) is 0.400. The van der Waals surface area contributed by atoms with Crippen LogP contribution in [0.3, 0.4) is 0 Å². The van der Waals surface area contributed by atoms with Crippen LogP contribution in [0, 0.1) is 5.92 Å². The van der Waals surface area contributed by atoms with Gasteiger partial charge in [-0.05, 0) is 37.0 Å². The Morgan fingerprint density at radius 3 is 2.94 bits per heavy atom. The molecule has 3 rings (SSSR count). The van der Waals surface area contributed by atoms with E-state index >= 15 is 0 Å². The Balaban J connectivity index is 1.85. The number of nitrogens with zero attached hydrogens (tertiary/aromatic N) is 1. The van der Waals surface area contributed by atoms with E-state index < -0.39 is 0 Å². The van der Waals surface area contributed by atoms with Gasteiger partial charge >= 0.3 is 0 Å². The van der Waals surface area contributed by atoms with Gasteiger partial charge in [-0.25, -0.2) is 0 Å². The summed E-state index contributed by atoms with van der Waals surface area (Å²) in [6.45, 7) is 1.03. The number of nitrogens with one attached hydrogen (secondary N) is 1. The molecule has 0 saturated heterocycles. The van der Waals surface area contributed by atoms with E-state index in [2.05, 4.69) is 16.4 Å². The van der Waals surface area contributed by atoms with Crippen LogP contribution in [0.5, 0.6) is 0 Å². The average Bonchev–Trinajstić information content (AvgIpc) is 2.89. The van der Waals surface area contributed by atoms with Gasteiger partial charge in [-0.2, -0.15) is 0 Å². The zero-order valence-corrected chi connectivity index (χ0v) is 11.1. The minimum atomic E-state index is 0.768. The highest BCUT2D eigenvalue weighted by Gasteiger charge is 2.15. The van der Waals surface area contributed by atoms with E-state index in [0.29, 0.717) is 0 Å². The molecule has 0 aliphatic heterocycles. The number of fused-ring (bicyclic) bond motifs is 1. The van der Waals surface area contributed by atoms with Crippen molar-refractivity contribution < 1.29 is 0 Å². The summed E-state index contributed by atoms with van der Waals surface area (Å²) in [4.78, 5) is 4.45. The van der Waals surface area contributed by atoms with Gasteiger partial charge in [0.15, 0.2) is 0 Å². The van der Waals surface area contributed by atoms with Gasteiger partial charge in [0.05, 0.1) is 11.2 Å². The molecule has 0 bridgehead atoms. The quantitative estimate of drug-likeness (QED) is 0.880. The molecular formula is C15H17ClN2. The standard InChI is InChI=1S/C15H17ClN2/c16-13-8-12-6-3-7-17-15(12)14(9-13)18-10-11-4-1-2-5-11/h3,6-9,11,18H,1-2,4-5,10H2. The third kappa shape index (κ3) is 2.44. The number of benzene rings is 1. The first-order valence-corrected chi connectivity index (χ1v) is 6.99. The Hall–Kier alpha value is -1.28. The molecule has 1 heterocycles. The lowest BCUT2D eigenvalue weighted by Gasteiger charge is -2.13. The van der Waals surface area contributed by atoms with Gasteiger partial charge in [-0.3, -0.25) is 4.98 Å². The van der Waals surface area contributed by atoms with Crippen molar-refractivity contribution in [2.24, 2.45) is 5.92 Å². The van der Waals surface area contributed by atoms with Crippen LogP contribution in [0.2, 0.25) is 5.02 Å². The number of rotatable bonds is 3. The third-order valence-corrected chi connectivity index (χ3v) is 3.94. The summed E-state index contributed by atoms with van der Waals surface area (Å²) in [5.74, 6) is 0.808. The lowest BCUT2D eigenvalue weighted by atomic mass is 10.1. The number of hydrogen-bond acceptors (Lipinski definition) is 2. The second kappa shape index (κ2) is 5.15. The molecule has 1 aromatic carbocycles. The highest BCUT2D eigenvalue weighted by molar-refractivity contribution is 6.31. The van der Waals surface area contributed by atoms with Crippen molar-refractivity contribution in [1.29, 1.82) is 0 Å². The lowest BCUT2D eigenvalue weighted by molar-refractivity contribution is 0.580. The lowest BCUT2D eigenvalue weighted by Crippen LogP contribution is -2.11. The summed E-state index contributed by atoms with van der Waals surface area (Å²) >= 11 is 6.15. The number of anilines is 1. The summed E-state index contributed by atoms with van der Waals surface area (Å²) < 4.78 is 0. The van der Waals surface area contributed by atoms with Crippen molar-refractivity contribution >= 4 is 28.2 Å². The fourth-order valence-electron chi connectivity index (χ4n) is 2.76. The zero-order chi connectivity index (χ0) is 12.4. The summed E-state index contributed by atoms with van der Waals surface area (Å²) in [5, 5.41) is 5.39. The summed E-state index contributed by atoms with van der Waals surface area (Å²) in [7, 11) is 0. The first-order valence-electron chi connectivity index (χ1n) is 6.61. The van der Waals surface area contributed by atoms with Gasteiger partial charge in [-0.15, -0.1) is 0 Å². The molecule has 0 radical (unpaired) electrons. The van der Waals surface area contributed by atoms with Crippen LogP contribution in [0.25, 0.3) is 10.9 Å². The van der Waals surface area contributed by atoms with E-state index in [4.69, 9.17) is 11.6 Å². The van der Waals surface area contributed by atoms with Gasteiger partial charge < -0.3 is 5.32 Å². The van der Waals surface area contributed by atoms with E-state index in [9.17, 15) is 0 Å². The zero-order valence-electron chi connectivity index (χ0n) is 10.3. The molecule has 18 heavy (non-hydrogen) atoms. The minimum Gasteiger partial charge on any atom is -0.383 e. The van der Waals surface area contributed by atoms with Gasteiger partial charge in [0.1, 0.15) is 0 Å². The second-order valence-electron chi connectivity index (χ2n) is 5.06. The van der Waals surface area contributed by atoms with Gasteiger partial charge in [0, 0.05) is 23.2 Å². The van der Waals surface area contributed by atoms with Crippen LogP contribution in [-0.2, 0) is 0 Å². The predicted molar refractivity (Wildman–Crippen MR) is 77.2 cm³/mol. The maximum absolute atomic E-state index is 6.15. The number of hydrogen-bond donors (Lipinski definition) is 1. The number of halogens is 1. The molecule has 0 unspecified atom stereocenters. The average molecular weight is 261 g/mol. The smallest absolute Gasteiger partial charge is 0.0934 e. The number of aromatic nitrogens is 1. The molecule has 1 N–H and O–H groups in total. The molecule has 1 aliphatic carbocycles. The van der Waals surface area contributed by atoms with Gasteiger partial charge in [-0.1, -0.05) is 30.5 Å². The van der Waals surface area contributed by atoms with E-state index in [1.165, 1.54) is 25.7 Å². The van der Waals surface area contributed by atoms with Crippen LogP contribution in [0.15, 0.2) is 30.5 Å². The Kier molecular flexibility index (Phi) is 3.37. The topological polar surface area (TPSA) is 24.9 Å². The Bertz CT molecular complexity index is 547. The van der Waals surface area contributed by atoms with Crippen molar-refractivity contribution in [3.05, 3.63) is 35.5 Å². The van der Waals surface area contributed by atoms with Crippen molar-refractivity contribution in [3.63, 3.8) is 0 Å². The first kappa shape index (κ1) is 11.8. The monoisotopic (exact) mass is 260 g/mol. The van der Waals surface area contributed by atoms with E-state index in [1.807, 2.05) is 24.4 Å². The largest absolute Gasteiger partial charge is 0.383 e. The highest BCUT2D eigenvalue weighted by atomic mass is 35.5. The van der Waals surface area contributed by atoms with Crippen LogP contribution < -0.4 is 5.32 Å². The van der Waals surface area contributed by atoms with Crippen LogP contribution >= 0.6 is 11.6 Å². The Morgan fingerprint density at radius 1 is 1.28 bits per heavy atom. The van der Waals surface area contributed by atoms with Gasteiger partial charge in [0.25, 0.3) is 0 Å². The molecule has 0 atom stereocenters. The minimum absolute atomic E-state index is 0.768. The SMILES string of the molecule is Clc1cc(NCC2CCCC2)c2ncccc2c1. The summed E-state index contributed by atoms with van der Waals surface area (Å²) in [5.41, 5.74) is 2.07. The maximum atomic E-state index is 6.15. The molecule has 0 spiro atoms. The third-order valence-electron chi connectivity index (χ3n) is 3.73. The Labute approximate surface area is 112 Å². The Morgan fingerprint density at radius 2 is 2.11 bits per heavy atom. The molecule has 1 aromatic heterocycles. The second-order valence-corrected chi connectivity index (χ2v) is 5.50. The van der Waals surface area contributed by atoms with Crippen LogP contribution in [0.1, 0.15) is 25.7 Å². The fourth-order valence-corrected chi connectivity index (χ4v) is 2.99. The normalized spacial score (nSPS) is 16.3. The molecule has 1 saturated carbocycles. The summed E-state index contributed by atoms with van der Waals surface area (Å²) in [6.07, 6.45) is 7.27. The predicted octanol–water partition coefficient (Wildman–Crippen LogP) is 4.49. The van der Waals surface area contributed by atoms with Crippen molar-refractivity contribution in [3.8, 4) is 0 Å².